The van der Waals surface area contributed by atoms with Crippen LogP contribution in [0.1, 0.15) is 41.8 Å². The number of hydrogen-bond acceptors (Lipinski definition) is 5. The number of benzene rings is 2. The summed E-state index contributed by atoms with van der Waals surface area (Å²) < 4.78 is 19.4. The molecule has 1 aliphatic heterocycles. The Morgan fingerprint density at radius 1 is 1.23 bits per heavy atom. The van der Waals surface area contributed by atoms with E-state index in [1.165, 1.54) is 6.07 Å². The van der Waals surface area contributed by atoms with Crippen molar-refractivity contribution in [2.24, 2.45) is 0 Å². The molecule has 0 bridgehead atoms. The normalized spacial score (nSPS) is 13.6. The number of nitrogens with zero attached hydrogens (tertiary/aromatic N) is 1. The van der Waals surface area contributed by atoms with Crippen molar-refractivity contribution in [2.75, 3.05) is 13.1 Å². The maximum absolute atomic E-state index is 14.2. The molecule has 0 atom stereocenters. The molecule has 1 amide bonds. The molecule has 1 aliphatic rings. The monoisotopic (exact) mass is 445 g/mol. The van der Waals surface area contributed by atoms with Crippen molar-refractivity contribution in [2.45, 2.75) is 32.9 Å². The summed E-state index contributed by atoms with van der Waals surface area (Å²) in [5.41, 5.74) is 5.34. The van der Waals surface area contributed by atoms with E-state index in [1.807, 2.05) is 49.2 Å². The van der Waals surface area contributed by atoms with Crippen molar-refractivity contribution < 1.29 is 18.7 Å². The molecule has 31 heavy (non-hydrogen) atoms. The highest BCUT2D eigenvalue weighted by molar-refractivity contribution is 6.33. The Morgan fingerprint density at radius 3 is 2.68 bits per heavy atom. The third-order valence-corrected chi connectivity index (χ3v) is 5.02. The van der Waals surface area contributed by atoms with Crippen LogP contribution in [0.4, 0.5) is 4.39 Å². The lowest BCUT2D eigenvalue weighted by Gasteiger charge is -2.26. The van der Waals surface area contributed by atoms with Gasteiger partial charge in [0.2, 0.25) is 0 Å². The minimum atomic E-state index is -0.544. The van der Waals surface area contributed by atoms with E-state index < -0.39 is 17.7 Å². The molecule has 0 spiro atoms. The predicted octanol–water partition coefficient (Wildman–Crippen LogP) is 3.83. The topological polar surface area (TPSA) is 70.7 Å². The number of nitrogens with one attached hydrogen (secondary N) is 2. The first kappa shape index (κ1) is 22.8. The van der Waals surface area contributed by atoms with E-state index in [0.717, 1.165) is 11.6 Å². The quantitative estimate of drug-likeness (QED) is 0.604. The van der Waals surface area contributed by atoms with Crippen molar-refractivity contribution in [3.05, 3.63) is 76.1 Å². The third-order valence-electron chi connectivity index (χ3n) is 4.71. The highest BCUT2D eigenvalue weighted by Crippen LogP contribution is 2.31. The Labute approximate surface area is 186 Å². The summed E-state index contributed by atoms with van der Waals surface area (Å²) >= 11 is 6.33. The SMILES string of the molecule is CC(C)N1NCC(Cl)=C1c1cc(F)cc(C(=O)NCCC(=O)OCc2ccccc2)c1. The number of esters is 1. The van der Waals surface area contributed by atoms with Gasteiger partial charge in [-0.05, 0) is 37.6 Å². The first-order chi connectivity index (χ1) is 14.8. The van der Waals surface area contributed by atoms with Gasteiger partial charge < -0.3 is 15.1 Å². The number of rotatable bonds is 8. The number of hydrogen-bond donors (Lipinski definition) is 2. The zero-order valence-electron chi connectivity index (χ0n) is 17.5. The van der Waals surface area contributed by atoms with Gasteiger partial charge in [0.25, 0.3) is 5.91 Å². The minimum Gasteiger partial charge on any atom is -0.461 e. The second kappa shape index (κ2) is 10.4. The van der Waals surface area contributed by atoms with Crippen LogP contribution in [0.15, 0.2) is 53.6 Å². The van der Waals surface area contributed by atoms with Gasteiger partial charge in [-0.15, -0.1) is 0 Å². The van der Waals surface area contributed by atoms with E-state index in [4.69, 9.17) is 16.3 Å². The Bertz CT molecular complexity index is 979. The van der Waals surface area contributed by atoms with E-state index in [-0.39, 0.29) is 31.2 Å². The van der Waals surface area contributed by atoms with Crippen molar-refractivity contribution in [1.82, 2.24) is 15.8 Å². The highest BCUT2D eigenvalue weighted by atomic mass is 35.5. The lowest BCUT2D eigenvalue weighted by Crippen LogP contribution is -2.37. The maximum atomic E-state index is 14.2. The van der Waals surface area contributed by atoms with Gasteiger partial charge in [0, 0.05) is 23.7 Å². The molecule has 6 nitrogen and oxygen atoms in total. The van der Waals surface area contributed by atoms with Crippen molar-refractivity contribution in [1.29, 1.82) is 0 Å². The number of halogens is 2. The van der Waals surface area contributed by atoms with E-state index in [1.54, 1.807) is 6.07 Å². The summed E-state index contributed by atoms with van der Waals surface area (Å²) in [6.07, 6.45) is 0.0166. The number of carbonyl (C=O) groups is 2. The van der Waals surface area contributed by atoms with Gasteiger partial charge in [-0.25, -0.2) is 9.82 Å². The van der Waals surface area contributed by atoms with E-state index in [0.29, 0.717) is 22.8 Å². The molecule has 0 saturated carbocycles. The van der Waals surface area contributed by atoms with Crippen LogP contribution < -0.4 is 10.7 Å². The average molecular weight is 446 g/mol. The van der Waals surface area contributed by atoms with E-state index in [9.17, 15) is 14.0 Å². The summed E-state index contributed by atoms with van der Waals surface area (Å²) in [7, 11) is 0. The Morgan fingerprint density at radius 2 is 1.97 bits per heavy atom. The summed E-state index contributed by atoms with van der Waals surface area (Å²) in [5.74, 6) is -1.45. The van der Waals surface area contributed by atoms with Gasteiger partial charge in [-0.2, -0.15) is 0 Å². The zero-order chi connectivity index (χ0) is 22.4. The van der Waals surface area contributed by atoms with Gasteiger partial charge in [-0.1, -0.05) is 41.9 Å². The van der Waals surface area contributed by atoms with E-state index >= 15 is 0 Å². The van der Waals surface area contributed by atoms with Crippen LogP contribution in [0.2, 0.25) is 0 Å². The fraction of sp³-hybridized carbons (Fsp3) is 0.304. The van der Waals surface area contributed by atoms with Crippen LogP contribution in [-0.4, -0.2) is 36.0 Å². The Kier molecular flexibility index (Phi) is 7.65. The Balaban J connectivity index is 1.58. The number of carbonyl (C=O) groups excluding carboxylic acids is 2. The molecule has 0 radical (unpaired) electrons. The fourth-order valence-electron chi connectivity index (χ4n) is 3.23. The second-order valence-corrected chi connectivity index (χ2v) is 7.89. The second-order valence-electron chi connectivity index (χ2n) is 7.43. The molecule has 0 saturated heterocycles. The minimum absolute atomic E-state index is 0.0166. The summed E-state index contributed by atoms with van der Waals surface area (Å²) in [6, 6.07) is 13.5. The molecule has 164 valence electrons. The summed E-state index contributed by atoms with van der Waals surface area (Å²) in [6.45, 7) is 4.66. The molecule has 0 fully saturated rings. The van der Waals surface area contributed by atoms with Crippen molar-refractivity contribution >= 4 is 29.2 Å². The van der Waals surface area contributed by atoms with Gasteiger partial charge in [0.05, 0.1) is 23.7 Å². The fourth-order valence-corrected chi connectivity index (χ4v) is 3.49. The largest absolute Gasteiger partial charge is 0.461 e. The number of amides is 1. The molecular formula is C23H25ClFN3O3. The van der Waals surface area contributed by atoms with Crippen LogP contribution in [0.5, 0.6) is 0 Å². The standard InChI is InChI=1S/C23H25ClFN3O3/c1-15(2)28-22(20(24)13-27-28)17-10-18(12-19(25)11-17)23(30)26-9-8-21(29)31-14-16-6-4-3-5-7-16/h3-7,10-12,15,27H,8-9,13-14H2,1-2H3,(H,26,30). The first-order valence-electron chi connectivity index (χ1n) is 10.0. The third kappa shape index (κ3) is 6.06. The predicted molar refractivity (Wildman–Crippen MR) is 117 cm³/mol. The van der Waals surface area contributed by atoms with Crippen LogP contribution in [0, 0.1) is 5.82 Å². The number of hydrazine groups is 1. The molecule has 3 rings (SSSR count). The summed E-state index contributed by atoms with van der Waals surface area (Å²) in [4.78, 5) is 24.4. The summed E-state index contributed by atoms with van der Waals surface area (Å²) in [5, 5.41) is 5.03. The average Bonchev–Trinajstić information content (AvgIpc) is 3.14. The molecule has 2 aromatic rings. The lowest BCUT2D eigenvalue weighted by molar-refractivity contribution is -0.144. The highest BCUT2D eigenvalue weighted by Gasteiger charge is 2.25. The van der Waals surface area contributed by atoms with Gasteiger partial charge in [0.15, 0.2) is 0 Å². The van der Waals surface area contributed by atoms with Gasteiger partial charge in [-0.3, -0.25) is 9.59 Å². The van der Waals surface area contributed by atoms with Crippen molar-refractivity contribution in [3.8, 4) is 0 Å². The molecule has 0 unspecified atom stereocenters. The van der Waals surface area contributed by atoms with Crippen LogP contribution in [-0.2, 0) is 16.1 Å². The Hall–Kier alpha value is -2.90. The van der Waals surface area contributed by atoms with Crippen LogP contribution in [0.25, 0.3) is 5.70 Å². The number of ether oxygens (including phenoxy) is 1. The smallest absolute Gasteiger partial charge is 0.307 e. The molecule has 2 aromatic carbocycles. The zero-order valence-corrected chi connectivity index (χ0v) is 18.2. The lowest BCUT2D eigenvalue weighted by atomic mass is 10.1. The molecular weight excluding hydrogens is 421 g/mol. The molecule has 0 aromatic heterocycles. The molecule has 1 heterocycles. The van der Waals surface area contributed by atoms with Crippen LogP contribution >= 0.6 is 11.6 Å². The van der Waals surface area contributed by atoms with Gasteiger partial charge in [0.1, 0.15) is 12.4 Å². The van der Waals surface area contributed by atoms with Gasteiger partial charge >= 0.3 is 5.97 Å². The van der Waals surface area contributed by atoms with Crippen molar-refractivity contribution in [3.63, 3.8) is 0 Å². The molecule has 8 heteroatoms. The van der Waals surface area contributed by atoms with Crippen LogP contribution in [0.3, 0.4) is 0 Å². The van der Waals surface area contributed by atoms with E-state index in [2.05, 4.69) is 10.7 Å². The first-order valence-corrected chi connectivity index (χ1v) is 10.4. The maximum Gasteiger partial charge on any atom is 0.307 e. The molecule has 2 N–H and O–H groups in total. The molecule has 0 aliphatic carbocycles.